The highest BCUT2D eigenvalue weighted by Gasteiger charge is 2.27. The molecule has 0 saturated carbocycles. The van der Waals surface area contributed by atoms with Crippen LogP contribution in [0.15, 0.2) is 36.8 Å². The molecule has 0 unspecified atom stereocenters. The van der Waals surface area contributed by atoms with Crippen LogP contribution in [0.3, 0.4) is 0 Å². The van der Waals surface area contributed by atoms with Crippen LogP contribution in [0.1, 0.15) is 39.7 Å². The lowest BCUT2D eigenvalue weighted by Gasteiger charge is -2.43. The van der Waals surface area contributed by atoms with E-state index in [1.54, 1.807) is 13.1 Å². The quantitative estimate of drug-likeness (QED) is 0.512. The fourth-order valence-electron chi connectivity index (χ4n) is 4.29. The van der Waals surface area contributed by atoms with Crippen LogP contribution < -0.4 is 25.6 Å². The number of piperazine rings is 1. The molecular formula is C24H33F2N7O2S. The number of hydrazine groups is 2. The van der Waals surface area contributed by atoms with Gasteiger partial charge >= 0.3 is 0 Å². The van der Waals surface area contributed by atoms with E-state index in [0.29, 0.717) is 12.1 Å². The Bertz CT molecular complexity index is 1240. The van der Waals surface area contributed by atoms with E-state index in [4.69, 9.17) is 0 Å². The first-order valence-corrected chi connectivity index (χ1v) is 13.6. The Morgan fingerprint density at radius 1 is 1.11 bits per heavy atom. The van der Waals surface area contributed by atoms with Gasteiger partial charge in [-0.3, -0.25) is 19.6 Å². The fourth-order valence-corrected chi connectivity index (χ4v) is 5.42. The molecule has 2 aliphatic heterocycles. The highest BCUT2D eigenvalue weighted by atomic mass is 32.2. The standard InChI is InChI=1S/C24H33F2N7O2S/c1-5-12-36(34,35)29-20-7-6-19(25)23(22(20)26)33-16-21(28-30-33)17-13-18(15-27-14-17)31-8-10-32(11-9-31)24(2,3)4/h6-7,13-16,28-30H,5,8-12H2,1-4H3. The number of benzene rings is 1. The van der Waals surface area contributed by atoms with E-state index >= 15 is 4.39 Å². The van der Waals surface area contributed by atoms with E-state index in [0.717, 1.165) is 54.6 Å². The number of sulfonamides is 1. The van der Waals surface area contributed by atoms with Crippen LogP contribution >= 0.6 is 0 Å². The summed E-state index contributed by atoms with van der Waals surface area (Å²) in [5, 5.41) is 1.15. The molecule has 0 radical (unpaired) electrons. The second-order valence-corrected chi connectivity index (χ2v) is 11.7. The van der Waals surface area contributed by atoms with Crippen LogP contribution in [0.4, 0.5) is 25.8 Å². The van der Waals surface area contributed by atoms with Crippen LogP contribution in [-0.4, -0.2) is 55.8 Å². The van der Waals surface area contributed by atoms with Crippen LogP contribution in [0.25, 0.3) is 5.70 Å². The van der Waals surface area contributed by atoms with Crippen molar-refractivity contribution in [3.63, 3.8) is 0 Å². The molecule has 2 aromatic rings. The third kappa shape index (κ3) is 5.71. The van der Waals surface area contributed by atoms with Gasteiger partial charge in [-0.05, 0) is 45.4 Å². The zero-order valence-electron chi connectivity index (χ0n) is 21.0. The Morgan fingerprint density at radius 2 is 1.83 bits per heavy atom. The largest absolute Gasteiger partial charge is 0.368 e. The van der Waals surface area contributed by atoms with Gasteiger partial charge in [-0.2, -0.15) is 0 Å². The van der Waals surface area contributed by atoms with Gasteiger partial charge in [-0.25, -0.2) is 17.2 Å². The summed E-state index contributed by atoms with van der Waals surface area (Å²) in [5.74, 6) is -2.03. The molecule has 0 bridgehead atoms. The molecule has 12 heteroatoms. The molecule has 0 spiro atoms. The third-order valence-electron chi connectivity index (χ3n) is 6.24. The molecule has 0 amide bonds. The van der Waals surface area contributed by atoms with Crippen molar-refractivity contribution in [2.24, 2.45) is 0 Å². The van der Waals surface area contributed by atoms with E-state index in [1.807, 2.05) is 12.3 Å². The van der Waals surface area contributed by atoms with Crippen molar-refractivity contribution in [3.05, 3.63) is 54.0 Å². The molecule has 1 saturated heterocycles. The smallest absolute Gasteiger partial charge is 0.232 e. The maximum absolute atomic E-state index is 15.2. The predicted octanol–water partition coefficient (Wildman–Crippen LogP) is 3.26. The molecule has 3 heterocycles. The first-order valence-electron chi connectivity index (χ1n) is 11.9. The number of halogens is 2. The summed E-state index contributed by atoms with van der Waals surface area (Å²) in [5.41, 5.74) is 7.28. The predicted molar refractivity (Wildman–Crippen MR) is 139 cm³/mol. The van der Waals surface area contributed by atoms with Crippen LogP contribution in [-0.2, 0) is 10.0 Å². The van der Waals surface area contributed by atoms with E-state index < -0.39 is 27.3 Å². The summed E-state index contributed by atoms with van der Waals surface area (Å²) in [6.07, 6.45) is 5.35. The van der Waals surface area contributed by atoms with E-state index in [-0.39, 0.29) is 17.0 Å². The summed E-state index contributed by atoms with van der Waals surface area (Å²) in [7, 11) is -3.74. The molecule has 1 aromatic carbocycles. The lowest BCUT2D eigenvalue weighted by molar-refractivity contribution is 0.128. The SMILES string of the molecule is CCCS(=O)(=O)Nc1ccc(F)c(N2C=C(c3cncc(N4CCN(C(C)(C)C)CC4)c3)NN2)c1F. The average Bonchev–Trinajstić information content (AvgIpc) is 3.30. The highest BCUT2D eigenvalue weighted by Crippen LogP contribution is 2.32. The molecule has 0 aliphatic carbocycles. The zero-order chi connectivity index (χ0) is 26.1. The van der Waals surface area contributed by atoms with Crippen LogP contribution in [0.5, 0.6) is 0 Å². The summed E-state index contributed by atoms with van der Waals surface area (Å²) in [6.45, 7) is 12.0. The van der Waals surface area contributed by atoms with Gasteiger partial charge in [0.2, 0.25) is 10.0 Å². The van der Waals surface area contributed by atoms with Crippen LogP contribution in [0.2, 0.25) is 0 Å². The number of rotatable bonds is 7. The van der Waals surface area contributed by atoms with Gasteiger partial charge in [0.25, 0.3) is 0 Å². The van der Waals surface area contributed by atoms with Gasteiger partial charge < -0.3 is 10.3 Å². The van der Waals surface area contributed by atoms with Gasteiger partial charge in [0.1, 0.15) is 5.69 Å². The Hall–Kier alpha value is -2.96. The molecule has 3 N–H and O–H groups in total. The number of hydrogen-bond donors (Lipinski definition) is 3. The Morgan fingerprint density at radius 3 is 2.50 bits per heavy atom. The normalized spacial score (nSPS) is 17.2. The lowest BCUT2D eigenvalue weighted by atomic mass is 10.0. The molecule has 196 valence electrons. The molecule has 4 rings (SSSR count). The molecule has 1 fully saturated rings. The second kappa shape index (κ2) is 10.2. The fraction of sp³-hybridized carbons (Fsp3) is 0.458. The van der Waals surface area contributed by atoms with E-state index in [1.165, 1.54) is 6.20 Å². The minimum Gasteiger partial charge on any atom is -0.368 e. The minimum absolute atomic E-state index is 0.122. The monoisotopic (exact) mass is 521 g/mol. The van der Waals surface area contributed by atoms with Crippen molar-refractivity contribution in [2.75, 3.05) is 46.6 Å². The van der Waals surface area contributed by atoms with Crippen molar-refractivity contribution >= 4 is 32.8 Å². The van der Waals surface area contributed by atoms with Gasteiger partial charge in [0, 0.05) is 49.7 Å². The summed E-state index contributed by atoms with van der Waals surface area (Å²) < 4.78 is 56.2. The molecule has 2 aliphatic rings. The molecule has 0 atom stereocenters. The van der Waals surface area contributed by atoms with E-state index in [9.17, 15) is 12.8 Å². The molecule has 9 nitrogen and oxygen atoms in total. The second-order valence-electron chi connectivity index (χ2n) is 9.90. The number of nitrogens with zero attached hydrogens (tertiary/aromatic N) is 4. The van der Waals surface area contributed by atoms with Gasteiger partial charge in [-0.15, -0.1) is 5.53 Å². The summed E-state index contributed by atoms with van der Waals surface area (Å²) in [4.78, 5) is 9.09. The Labute approximate surface area is 211 Å². The number of nitrogens with one attached hydrogen (secondary N) is 3. The minimum atomic E-state index is -3.74. The van der Waals surface area contributed by atoms with Gasteiger partial charge in [-0.1, -0.05) is 6.92 Å². The number of hydrogen-bond acceptors (Lipinski definition) is 8. The first kappa shape index (κ1) is 26.1. The summed E-state index contributed by atoms with van der Waals surface area (Å²) >= 11 is 0. The van der Waals surface area contributed by atoms with Gasteiger partial charge in [0.15, 0.2) is 11.6 Å². The molecular weight excluding hydrogens is 488 g/mol. The van der Waals surface area contributed by atoms with Crippen molar-refractivity contribution in [1.29, 1.82) is 0 Å². The molecule has 1 aromatic heterocycles. The van der Waals surface area contributed by atoms with Crippen molar-refractivity contribution in [3.8, 4) is 0 Å². The van der Waals surface area contributed by atoms with Crippen molar-refractivity contribution in [1.82, 2.24) is 20.8 Å². The molecule has 36 heavy (non-hydrogen) atoms. The van der Waals surface area contributed by atoms with Crippen LogP contribution in [0, 0.1) is 11.6 Å². The number of anilines is 3. The highest BCUT2D eigenvalue weighted by molar-refractivity contribution is 7.92. The average molecular weight is 522 g/mol. The van der Waals surface area contributed by atoms with Gasteiger partial charge in [0.05, 0.1) is 29.0 Å². The van der Waals surface area contributed by atoms with Crippen molar-refractivity contribution < 1.29 is 17.2 Å². The maximum atomic E-state index is 15.2. The third-order valence-corrected chi connectivity index (χ3v) is 7.72. The lowest BCUT2D eigenvalue weighted by Crippen LogP contribution is -2.53. The topological polar surface area (TPSA) is 92.8 Å². The van der Waals surface area contributed by atoms with E-state index in [2.05, 4.69) is 51.2 Å². The Balaban J connectivity index is 1.54. The zero-order valence-corrected chi connectivity index (χ0v) is 21.8. The summed E-state index contributed by atoms with van der Waals surface area (Å²) in [6, 6.07) is 4.07. The first-order chi connectivity index (χ1) is 17.0. The number of aromatic nitrogens is 1. The maximum Gasteiger partial charge on any atom is 0.232 e. The van der Waals surface area contributed by atoms with Crippen molar-refractivity contribution in [2.45, 2.75) is 39.7 Å². The Kier molecular flexibility index (Phi) is 7.39. The number of pyridine rings is 1.